The van der Waals surface area contributed by atoms with Crippen LogP contribution in [0.25, 0.3) is 21.7 Å². The van der Waals surface area contributed by atoms with Crippen molar-refractivity contribution in [1.29, 1.82) is 0 Å². The van der Waals surface area contributed by atoms with Crippen LogP contribution in [0.15, 0.2) is 42.6 Å². The lowest BCUT2D eigenvalue weighted by molar-refractivity contribution is 0.0391. The first-order valence-corrected chi connectivity index (χ1v) is 5.83. The van der Waals surface area contributed by atoms with Crippen molar-refractivity contribution in [2.45, 2.75) is 0 Å². The van der Waals surface area contributed by atoms with E-state index in [4.69, 9.17) is 4.74 Å². The summed E-state index contributed by atoms with van der Waals surface area (Å²) in [5.74, 6) is -1.20. The quantitative estimate of drug-likeness (QED) is 0.349. The van der Waals surface area contributed by atoms with E-state index < -0.39 is 11.9 Å². The number of benzene rings is 2. The van der Waals surface area contributed by atoms with Crippen molar-refractivity contribution in [1.82, 2.24) is 4.98 Å². The van der Waals surface area contributed by atoms with E-state index in [1.54, 1.807) is 24.4 Å². The normalized spacial score (nSPS) is 13.9. The molecule has 19 heavy (non-hydrogen) atoms. The summed E-state index contributed by atoms with van der Waals surface area (Å²) in [6, 6.07) is 10.7. The van der Waals surface area contributed by atoms with E-state index >= 15 is 0 Å². The molecule has 4 rings (SSSR count). The van der Waals surface area contributed by atoms with Crippen LogP contribution in [-0.4, -0.2) is 16.9 Å². The number of carbonyl (C=O) groups excluding carboxylic acids is 2. The van der Waals surface area contributed by atoms with Gasteiger partial charge in [0.1, 0.15) is 0 Å². The van der Waals surface area contributed by atoms with Gasteiger partial charge >= 0.3 is 11.9 Å². The number of carbonyl (C=O) groups is 2. The summed E-state index contributed by atoms with van der Waals surface area (Å²) in [6.45, 7) is 0. The maximum atomic E-state index is 11.9. The summed E-state index contributed by atoms with van der Waals surface area (Å²) >= 11 is 0. The monoisotopic (exact) mass is 249 g/mol. The lowest BCUT2D eigenvalue weighted by Crippen LogP contribution is -2.19. The van der Waals surface area contributed by atoms with Gasteiger partial charge in [-0.15, -0.1) is 0 Å². The van der Waals surface area contributed by atoms with Crippen molar-refractivity contribution in [2.24, 2.45) is 0 Å². The molecule has 0 saturated carbocycles. The van der Waals surface area contributed by atoms with Crippen LogP contribution in [0, 0.1) is 0 Å². The molecule has 2 aromatic carbocycles. The SMILES string of the molecule is O=C1OC(=O)c2cc3cccnc3c3cccc1c23. The third-order valence-corrected chi connectivity index (χ3v) is 3.35. The van der Waals surface area contributed by atoms with Crippen molar-refractivity contribution >= 4 is 33.6 Å². The molecule has 3 aromatic rings. The maximum absolute atomic E-state index is 11.9. The van der Waals surface area contributed by atoms with Gasteiger partial charge in [0.25, 0.3) is 0 Å². The van der Waals surface area contributed by atoms with Crippen LogP contribution in [-0.2, 0) is 4.74 Å². The molecule has 1 aliphatic rings. The Bertz CT molecular complexity index is 883. The van der Waals surface area contributed by atoms with E-state index in [1.807, 2.05) is 18.2 Å². The van der Waals surface area contributed by atoms with Crippen molar-refractivity contribution in [2.75, 3.05) is 0 Å². The fraction of sp³-hybridized carbons (Fsp3) is 0. The second-order valence-electron chi connectivity index (χ2n) is 4.40. The highest BCUT2D eigenvalue weighted by molar-refractivity contribution is 6.25. The van der Waals surface area contributed by atoms with Crippen LogP contribution in [0.1, 0.15) is 20.7 Å². The molecule has 4 nitrogen and oxygen atoms in total. The van der Waals surface area contributed by atoms with E-state index in [1.165, 1.54) is 0 Å². The standard InChI is InChI=1S/C15H7NO3/c17-14-10-5-1-4-9-12(10)11(15(18)19-14)7-8-3-2-6-16-13(8)9/h1-7H. The predicted molar refractivity (Wildman–Crippen MR) is 69.0 cm³/mol. The number of esters is 2. The topological polar surface area (TPSA) is 56.3 Å². The number of ether oxygens (including phenoxy) is 1. The summed E-state index contributed by atoms with van der Waals surface area (Å²) in [6.07, 6.45) is 1.69. The molecule has 90 valence electrons. The fourth-order valence-electron chi connectivity index (χ4n) is 2.55. The number of fused-ring (bicyclic) bond motifs is 2. The van der Waals surface area contributed by atoms with Crippen molar-refractivity contribution in [3.63, 3.8) is 0 Å². The Morgan fingerprint density at radius 3 is 2.68 bits per heavy atom. The summed E-state index contributed by atoms with van der Waals surface area (Å²) in [5, 5.41) is 2.29. The third-order valence-electron chi connectivity index (χ3n) is 3.35. The zero-order valence-corrected chi connectivity index (χ0v) is 9.71. The van der Waals surface area contributed by atoms with Gasteiger partial charge in [-0.2, -0.15) is 0 Å². The predicted octanol–water partition coefficient (Wildman–Crippen LogP) is 2.70. The zero-order valence-electron chi connectivity index (χ0n) is 9.71. The Labute approximate surface area is 107 Å². The molecule has 0 fully saturated rings. The van der Waals surface area contributed by atoms with E-state index in [0.717, 1.165) is 16.3 Å². The first-order chi connectivity index (χ1) is 9.25. The largest absolute Gasteiger partial charge is 0.386 e. The Balaban J connectivity index is 2.34. The molecule has 0 aliphatic carbocycles. The fourth-order valence-corrected chi connectivity index (χ4v) is 2.55. The van der Waals surface area contributed by atoms with Crippen LogP contribution >= 0.6 is 0 Å². The van der Waals surface area contributed by atoms with Crippen molar-refractivity contribution in [3.8, 4) is 0 Å². The molecule has 0 radical (unpaired) electrons. The second-order valence-corrected chi connectivity index (χ2v) is 4.40. The van der Waals surface area contributed by atoms with Crippen molar-refractivity contribution in [3.05, 3.63) is 53.7 Å². The maximum Gasteiger partial charge on any atom is 0.346 e. The molecular formula is C15H7NO3. The van der Waals surface area contributed by atoms with Gasteiger partial charge < -0.3 is 4.74 Å². The molecule has 1 aromatic heterocycles. The van der Waals surface area contributed by atoms with Gasteiger partial charge in [0.2, 0.25) is 0 Å². The molecule has 4 heteroatoms. The summed E-state index contributed by atoms with van der Waals surface area (Å²) < 4.78 is 4.75. The average molecular weight is 249 g/mol. The molecule has 0 amide bonds. The van der Waals surface area contributed by atoms with E-state index in [9.17, 15) is 9.59 Å². The lowest BCUT2D eigenvalue weighted by atomic mass is 9.94. The number of hydrogen-bond acceptors (Lipinski definition) is 4. The summed E-state index contributed by atoms with van der Waals surface area (Å²) in [5.41, 5.74) is 1.62. The molecule has 2 heterocycles. The van der Waals surface area contributed by atoms with Crippen LogP contribution in [0.5, 0.6) is 0 Å². The number of aromatic nitrogens is 1. The van der Waals surface area contributed by atoms with Gasteiger partial charge in [0.05, 0.1) is 16.6 Å². The number of pyridine rings is 1. The first kappa shape index (κ1) is 10.2. The Morgan fingerprint density at radius 1 is 0.947 bits per heavy atom. The second kappa shape index (κ2) is 3.38. The van der Waals surface area contributed by atoms with Gasteiger partial charge in [-0.3, -0.25) is 4.98 Å². The van der Waals surface area contributed by atoms with Crippen LogP contribution < -0.4 is 0 Å². The van der Waals surface area contributed by atoms with E-state index in [-0.39, 0.29) is 0 Å². The minimum absolute atomic E-state index is 0.416. The van der Waals surface area contributed by atoms with Gasteiger partial charge in [0, 0.05) is 22.4 Å². The molecule has 0 bridgehead atoms. The highest BCUT2D eigenvalue weighted by Crippen LogP contribution is 2.33. The van der Waals surface area contributed by atoms with Crippen molar-refractivity contribution < 1.29 is 14.3 Å². The smallest absolute Gasteiger partial charge is 0.346 e. The Morgan fingerprint density at radius 2 is 1.79 bits per heavy atom. The lowest BCUT2D eigenvalue weighted by Gasteiger charge is -2.16. The zero-order chi connectivity index (χ0) is 13.0. The summed E-state index contributed by atoms with van der Waals surface area (Å²) in [4.78, 5) is 28.0. The van der Waals surface area contributed by atoms with E-state index in [0.29, 0.717) is 16.5 Å². The van der Waals surface area contributed by atoms with Gasteiger partial charge in [-0.25, -0.2) is 9.59 Å². The minimum Gasteiger partial charge on any atom is -0.386 e. The third kappa shape index (κ3) is 1.25. The molecule has 0 unspecified atom stereocenters. The Kier molecular flexibility index (Phi) is 1.82. The molecule has 0 spiro atoms. The molecule has 0 saturated heterocycles. The highest BCUT2D eigenvalue weighted by atomic mass is 16.6. The van der Waals surface area contributed by atoms with Crippen LogP contribution in [0.2, 0.25) is 0 Å². The minimum atomic E-state index is -0.599. The number of cyclic esters (lactones) is 2. The number of rotatable bonds is 0. The van der Waals surface area contributed by atoms with Crippen LogP contribution in [0.3, 0.4) is 0 Å². The number of nitrogens with zero attached hydrogens (tertiary/aromatic N) is 1. The molecule has 0 atom stereocenters. The summed E-state index contributed by atoms with van der Waals surface area (Å²) in [7, 11) is 0. The van der Waals surface area contributed by atoms with Gasteiger partial charge in [-0.1, -0.05) is 18.2 Å². The highest BCUT2D eigenvalue weighted by Gasteiger charge is 2.28. The van der Waals surface area contributed by atoms with Gasteiger partial charge in [-0.05, 0) is 18.2 Å². The molecule has 1 aliphatic heterocycles. The average Bonchev–Trinajstić information content (AvgIpc) is 2.44. The van der Waals surface area contributed by atoms with Gasteiger partial charge in [0.15, 0.2) is 0 Å². The Hall–Kier alpha value is -2.75. The first-order valence-electron chi connectivity index (χ1n) is 5.83. The molecule has 0 N–H and O–H groups in total. The van der Waals surface area contributed by atoms with E-state index in [2.05, 4.69) is 4.98 Å². The van der Waals surface area contributed by atoms with Crippen LogP contribution in [0.4, 0.5) is 0 Å². The number of hydrogen-bond donors (Lipinski definition) is 0. The molecular weight excluding hydrogens is 242 g/mol.